The highest BCUT2D eigenvalue weighted by molar-refractivity contribution is 7.80. The Morgan fingerprint density at radius 1 is 1.41 bits per heavy atom. The number of amides is 1. The normalized spacial score (nSPS) is 26.0. The maximum absolute atomic E-state index is 12.0. The number of halogens is 1. The molecule has 2 fully saturated rings. The summed E-state index contributed by atoms with van der Waals surface area (Å²) in [6.07, 6.45) is 5.94. The van der Waals surface area contributed by atoms with Crippen molar-refractivity contribution in [1.29, 1.82) is 0 Å². The van der Waals surface area contributed by atoms with Crippen LogP contribution in [0, 0.1) is 0 Å². The molecule has 1 aromatic carbocycles. The first-order chi connectivity index (χ1) is 12.9. The van der Waals surface area contributed by atoms with Gasteiger partial charge in [0.05, 0.1) is 0 Å². The first-order valence-electron chi connectivity index (χ1n) is 9.66. The topological polar surface area (TPSA) is 53.6 Å². The third-order valence-corrected chi connectivity index (χ3v) is 6.07. The molecule has 148 valence electrons. The van der Waals surface area contributed by atoms with Gasteiger partial charge in [-0.15, -0.1) is 0 Å². The van der Waals surface area contributed by atoms with Gasteiger partial charge in [0, 0.05) is 11.1 Å². The molecule has 27 heavy (non-hydrogen) atoms. The fourth-order valence-corrected chi connectivity index (χ4v) is 4.23. The second kappa shape index (κ2) is 8.76. The molecule has 5 nitrogen and oxygen atoms in total. The number of carbonyl (C=O) groups excluding carboxylic acids is 1. The average molecular weight is 410 g/mol. The highest BCUT2D eigenvalue weighted by Crippen LogP contribution is 2.25. The van der Waals surface area contributed by atoms with Gasteiger partial charge in [-0.05, 0) is 88.6 Å². The third-order valence-electron chi connectivity index (χ3n) is 5.49. The molecule has 7 heteroatoms. The molecule has 2 heterocycles. The van der Waals surface area contributed by atoms with Crippen LogP contribution in [-0.2, 0) is 11.2 Å². The molecule has 0 aromatic heterocycles. The van der Waals surface area contributed by atoms with Gasteiger partial charge in [0.2, 0.25) is 0 Å². The van der Waals surface area contributed by atoms with Crippen LogP contribution in [0.2, 0.25) is 5.02 Å². The largest absolute Gasteiger partial charge is 0.491 e. The lowest BCUT2D eigenvalue weighted by atomic mass is 10.0. The number of hydrogen-bond donors (Lipinski definition) is 2. The molecule has 1 amide bonds. The number of rotatable bonds is 7. The van der Waals surface area contributed by atoms with Gasteiger partial charge in [0.15, 0.2) is 10.7 Å². The Hall–Kier alpha value is -1.37. The molecule has 2 atom stereocenters. The van der Waals surface area contributed by atoms with E-state index in [4.69, 9.17) is 28.6 Å². The number of carbonyl (C=O) groups is 1. The summed E-state index contributed by atoms with van der Waals surface area (Å²) >= 11 is 11.4. The Labute approximate surface area is 171 Å². The van der Waals surface area contributed by atoms with E-state index < -0.39 is 5.54 Å². The molecule has 0 radical (unpaired) electrons. The number of aryl methyl sites for hydroxylation is 1. The Kier molecular flexibility index (Phi) is 6.61. The van der Waals surface area contributed by atoms with Crippen molar-refractivity contribution in [3.05, 3.63) is 28.8 Å². The summed E-state index contributed by atoms with van der Waals surface area (Å²) in [4.78, 5) is 14.6. The highest BCUT2D eigenvalue weighted by atomic mass is 35.5. The quantitative estimate of drug-likeness (QED) is 0.677. The summed E-state index contributed by atoms with van der Waals surface area (Å²) in [6.45, 7) is 6.60. The van der Waals surface area contributed by atoms with E-state index in [9.17, 15) is 4.79 Å². The minimum absolute atomic E-state index is 0.169. The number of piperidine rings is 1. The van der Waals surface area contributed by atoms with Crippen molar-refractivity contribution in [2.45, 2.75) is 57.5 Å². The van der Waals surface area contributed by atoms with E-state index in [1.807, 2.05) is 18.2 Å². The molecular weight excluding hydrogens is 382 g/mol. The number of hydrogen-bond acceptors (Lipinski definition) is 4. The van der Waals surface area contributed by atoms with Gasteiger partial charge in [-0.1, -0.05) is 18.0 Å². The summed E-state index contributed by atoms with van der Waals surface area (Å²) in [5.41, 5.74) is 0.240. The molecule has 0 saturated carbocycles. The molecule has 2 saturated heterocycles. The van der Waals surface area contributed by atoms with Crippen molar-refractivity contribution in [3.8, 4) is 5.75 Å². The van der Waals surface area contributed by atoms with Gasteiger partial charge in [-0.2, -0.15) is 0 Å². The molecule has 2 aliphatic heterocycles. The minimum Gasteiger partial charge on any atom is -0.491 e. The van der Waals surface area contributed by atoms with E-state index in [0.717, 1.165) is 35.7 Å². The summed E-state index contributed by atoms with van der Waals surface area (Å²) in [5.74, 6) is 0.548. The standard InChI is InChI=1S/C20H28ClN3O2S/c1-14-6-3-4-10-24(14)11-5-7-15-12-16(8-9-17(15)21)26-13-20(2)18(25)22-19(27)23-20/h8-9,12,14H,3-7,10-11,13H2,1-2H3,(H2,22,23,25,27). The monoisotopic (exact) mass is 409 g/mol. The van der Waals surface area contributed by atoms with E-state index in [0.29, 0.717) is 11.2 Å². The lowest BCUT2D eigenvalue weighted by molar-refractivity contribution is -0.124. The van der Waals surface area contributed by atoms with Crippen LogP contribution in [0.1, 0.15) is 45.1 Å². The fraction of sp³-hybridized carbons (Fsp3) is 0.600. The molecular formula is C20H28ClN3O2S. The van der Waals surface area contributed by atoms with Gasteiger partial charge >= 0.3 is 0 Å². The smallest absolute Gasteiger partial charge is 0.255 e. The van der Waals surface area contributed by atoms with Gasteiger partial charge in [-0.25, -0.2) is 0 Å². The molecule has 0 bridgehead atoms. The van der Waals surface area contributed by atoms with E-state index in [-0.39, 0.29) is 12.5 Å². The van der Waals surface area contributed by atoms with Crippen LogP contribution < -0.4 is 15.4 Å². The zero-order chi connectivity index (χ0) is 19.4. The van der Waals surface area contributed by atoms with Gasteiger partial charge < -0.3 is 20.3 Å². The molecule has 2 unspecified atom stereocenters. The minimum atomic E-state index is -0.846. The number of nitrogens with one attached hydrogen (secondary N) is 2. The predicted molar refractivity (Wildman–Crippen MR) is 112 cm³/mol. The SMILES string of the molecule is CC1CCCCN1CCCc1cc(OCC2(C)NC(=S)NC2=O)ccc1Cl. The molecule has 2 N–H and O–H groups in total. The molecule has 3 rings (SSSR count). The van der Waals surface area contributed by atoms with Crippen molar-refractivity contribution in [1.82, 2.24) is 15.5 Å². The van der Waals surface area contributed by atoms with Gasteiger partial charge in [-0.3, -0.25) is 4.79 Å². The average Bonchev–Trinajstić information content (AvgIpc) is 2.89. The molecule has 0 aliphatic carbocycles. The van der Waals surface area contributed by atoms with Crippen LogP contribution >= 0.6 is 23.8 Å². The number of ether oxygens (including phenoxy) is 1. The third kappa shape index (κ3) is 5.12. The van der Waals surface area contributed by atoms with Crippen LogP contribution in [0.5, 0.6) is 5.75 Å². The van der Waals surface area contributed by atoms with Gasteiger partial charge in [0.1, 0.15) is 12.4 Å². The van der Waals surface area contributed by atoms with Crippen LogP contribution in [-0.4, -0.2) is 47.2 Å². The van der Waals surface area contributed by atoms with E-state index in [2.05, 4.69) is 22.5 Å². The molecule has 1 aromatic rings. The number of benzene rings is 1. The summed E-state index contributed by atoms with van der Waals surface area (Å²) in [7, 11) is 0. The van der Waals surface area contributed by atoms with Crippen molar-refractivity contribution >= 4 is 34.8 Å². The van der Waals surface area contributed by atoms with E-state index in [1.54, 1.807) is 6.92 Å². The Morgan fingerprint density at radius 2 is 2.22 bits per heavy atom. The van der Waals surface area contributed by atoms with Gasteiger partial charge in [0.25, 0.3) is 5.91 Å². The van der Waals surface area contributed by atoms with Crippen molar-refractivity contribution in [2.24, 2.45) is 0 Å². The maximum Gasteiger partial charge on any atom is 0.255 e. The van der Waals surface area contributed by atoms with Crippen LogP contribution in [0.3, 0.4) is 0 Å². The Balaban J connectivity index is 1.54. The van der Waals surface area contributed by atoms with Crippen molar-refractivity contribution in [3.63, 3.8) is 0 Å². The number of likely N-dealkylation sites (tertiary alicyclic amines) is 1. The Morgan fingerprint density at radius 3 is 2.93 bits per heavy atom. The summed E-state index contributed by atoms with van der Waals surface area (Å²) in [5, 5.41) is 6.67. The second-order valence-corrected chi connectivity index (χ2v) is 8.58. The van der Waals surface area contributed by atoms with Crippen LogP contribution in [0.25, 0.3) is 0 Å². The second-order valence-electron chi connectivity index (χ2n) is 7.77. The highest BCUT2D eigenvalue weighted by Gasteiger charge is 2.41. The molecule has 0 spiro atoms. The Bertz CT molecular complexity index is 714. The summed E-state index contributed by atoms with van der Waals surface area (Å²) in [6, 6.07) is 6.37. The number of nitrogens with zero attached hydrogens (tertiary/aromatic N) is 1. The van der Waals surface area contributed by atoms with E-state index in [1.165, 1.54) is 25.8 Å². The van der Waals surface area contributed by atoms with Crippen molar-refractivity contribution in [2.75, 3.05) is 19.7 Å². The molecule has 2 aliphatic rings. The predicted octanol–water partition coefficient (Wildman–Crippen LogP) is 3.29. The van der Waals surface area contributed by atoms with Crippen LogP contribution in [0.15, 0.2) is 18.2 Å². The van der Waals surface area contributed by atoms with Crippen LogP contribution in [0.4, 0.5) is 0 Å². The lowest BCUT2D eigenvalue weighted by Gasteiger charge is -2.33. The van der Waals surface area contributed by atoms with E-state index >= 15 is 0 Å². The first-order valence-corrected chi connectivity index (χ1v) is 10.4. The fourth-order valence-electron chi connectivity index (χ4n) is 3.70. The zero-order valence-electron chi connectivity index (χ0n) is 16.0. The number of thiocarbonyl (C=S) groups is 1. The first kappa shape index (κ1) is 20.4. The van der Waals surface area contributed by atoms with Crippen molar-refractivity contribution < 1.29 is 9.53 Å². The maximum atomic E-state index is 12.0. The zero-order valence-corrected chi connectivity index (χ0v) is 17.6. The lowest BCUT2D eigenvalue weighted by Crippen LogP contribution is -2.48. The summed E-state index contributed by atoms with van der Waals surface area (Å²) < 4.78 is 5.87.